The second-order valence-corrected chi connectivity index (χ2v) is 7.63. The minimum absolute atomic E-state index is 0.215. The lowest BCUT2D eigenvalue weighted by Gasteiger charge is -2.34. The Morgan fingerprint density at radius 1 is 1.11 bits per heavy atom. The van der Waals surface area contributed by atoms with Crippen LogP contribution in [0.15, 0.2) is 47.4 Å². The van der Waals surface area contributed by atoms with E-state index in [1.807, 2.05) is 42.5 Å². The molecule has 0 saturated carbocycles. The number of methoxy groups -OCH3 is 2. The fraction of sp³-hybridized carbons (Fsp3) is 0.333. The molecule has 0 saturated heterocycles. The molecule has 2 aromatic rings. The maximum absolute atomic E-state index is 13.0. The number of ether oxygens (including phenoxy) is 3. The number of fused-ring (bicyclic) bond motifs is 1. The van der Waals surface area contributed by atoms with E-state index in [1.54, 1.807) is 21.1 Å². The van der Waals surface area contributed by atoms with Gasteiger partial charge in [-0.2, -0.15) is 0 Å². The van der Waals surface area contributed by atoms with Crippen LogP contribution in [0.1, 0.15) is 18.9 Å². The topological polar surface area (TPSA) is 73.9 Å². The van der Waals surface area contributed by atoms with Crippen LogP contribution in [-0.2, 0) is 20.7 Å². The molecule has 0 radical (unpaired) electrons. The first-order valence-corrected chi connectivity index (χ1v) is 9.83. The quantitative estimate of drug-likeness (QED) is 0.564. The monoisotopic (exact) mass is 401 g/mol. The van der Waals surface area contributed by atoms with Crippen molar-refractivity contribution in [2.75, 3.05) is 26.1 Å². The number of rotatable bonds is 7. The Morgan fingerprint density at radius 2 is 1.86 bits per heavy atom. The fourth-order valence-electron chi connectivity index (χ4n) is 3.12. The molecule has 1 amide bonds. The highest BCUT2D eigenvalue weighted by molar-refractivity contribution is 8.02. The number of anilines is 1. The Balaban J connectivity index is 1.89. The summed E-state index contributed by atoms with van der Waals surface area (Å²) in [5.74, 6) is 0.365. The van der Waals surface area contributed by atoms with E-state index >= 15 is 0 Å². The number of carbonyl (C=O) groups is 2. The molecule has 148 valence electrons. The van der Waals surface area contributed by atoms with Crippen molar-refractivity contribution in [2.45, 2.75) is 29.4 Å². The van der Waals surface area contributed by atoms with Crippen molar-refractivity contribution in [2.24, 2.45) is 0 Å². The van der Waals surface area contributed by atoms with E-state index in [2.05, 4.69) is 5.32 Å². The first-order chi connectivity index (χ1) is 13.5. The van der Waals surface area contributed by atoms with Crippen LogP contribution in [-0.4, -0.2) is 37.4 Å². The van der Waals surface area contributed by atoms with Crippen LogP contribution >= 0.6 is 11.8 Å². The number of carbonyl (C=O) groups excluding carboxylic acids is 2. The molecule has 0 bridgehead atoms. The van der Waals surface area contributed by atoms with Crippen molar-refractivity contribution < 1.29 is 23.8 Å². The van der Waals surface area contributed by atoms with Gasteiger partial charge in [-0.25, -0.2) is 4.79 Å². The van der Waals surface area contributed by atoms with E-state index in [-0.39, 0.29) is 12.5 Å². The summed E-state index contributed by atoms with van der Waals surface area (Å²) in [6.07, 6.45) is 0.800. The molecule has 1 N–H and O–H groups in total. The minimum atomic E-state index is -1.34. The Morgan fingerprint density at radius 3 is 2.57 bits per heavy atom. The number of amides is 1. The second kappa shape index (κ2) is 8.56. The standard InChI is InChI=1S/C21H23NO5S/c1-4-27-20(24)21(19(23)22-15-7-5-6-8-18(15)28-21)12-11-14-9-10-16(25-2)17(13-14)26-3/h5-10,13H,4,11-12H2,1-3H3,(H,22,23). The summed E-state index contributed by atoms with van der Waals surface area (Å²) in [6.45, 7) is 1.95. The Hall–Kier alpha value is -2.67. The molecule has 1 aliphatic heterocycles. The number of aryl methyl sites for hydroxylation is 1. The zero-order chi connectivity index (χ0) is 20.1. The molecule has 1 heterocycles. The first kappa shape index (κ1) is 20.1. The molecular formula is C21H23NO5S. The SMILES string of the molecule is CCOC(=O)C1(CCc2ccc(OC)c(OC)c2)Sc2ccccc2NC1=O. The molecule has 6 nitrogen and oxygen atoms in total. The summed E-state index contributed by atoms with van der Waals surface area (Å²) in [4.78, 5) is 26.6. The van der Waals surface area contributed by atoms with Crippen LogP contribution in [0.5, 0.6) is 11.5 Å². The zero-order valence-electron chi connectivity index (χ0n) is 16.1. The molecule has 0 spiro atoms. The summed E-state index contributed by atoms with van der Waals surface area (Å²) in [5.41, 5.74) is 1.65. The molecule has 7 heteroatoms. The maximum Gasteiger partial charge on any atom is 0.332 e. The molecule has 3 rings (SSSR count). The third kappa shape index (κ3) is 3.80. The van der Waals surface area contributed by atoms with Gasteiger partial charge in [-0.05, 0) is 49.6 Å². The van der Waals surface area contributed by atoms with Gasteiger partial charge in [0.15, 0.2) is 16.2 Å². The maximum atomic E-state index is 13.0. The van der Waals surface area contributed by atoms with Crippen molar-refractivity contribution in [3.05, 3.63) is 48.0 Å². The Bertz CT molecular complexity index is 885. The summed E-state index contributed by atoms with van der Waals surface area (Å²) in [6, 6.07) is 13.0. The first-order valence-electron chi connectivity index (χ1n) is 9.01. The molecule has 0 fully saturated rings. The predicted molar refractivity (Wildman–Crippen MR) is 108 cm³/mol. The van der Waals surface area contributed by atoms with Gasteiger partial charge in [-0.15, -0.1) is 0 Å². The summed E-state index contributed by atoms with van der Waals surface area (Å²) in [5, 5.41) is 2.86. The van der Waals surface area contributed by atoms with Crippen molar-refractivity contribution in [3.8, 4) is 11.5 Å². The van der Waals surface area contributed by atoms with Gasteiger partial charge >= 0.3 is 5.97 Å². The van der Waals surface area contributed by atoms with E-state index in [4.69, 9.17) is 14.2 Å². The summed E-state index contributed by atoms with van der Waals surface area (Å²) >= 11 is 1.25. The smallest absolute Gasteiger partial charge is 0.332 e. The average Bonchev–Trinajstić information content (AvgIpc) is 2.72. The normalized spacial score (nSPS) is 18.0. The number of nitrogens with one attached hydrogen (secondary N) is 1. The number of para-hydroxylation sites is 1. The lowest BCUT2D eigenvalue weighted by Crippen LogP contribution is -2.50. The van der Waals surface area contributed by atoms with E-state index in [0.717, 1.165) is 10.5 Å². The third-order valence-corrected chi connectivity index (χ3v) is 6.09. The van der Waals surface area contributed by atoms with Crippen LogP contribution in [0.2, 0.25) is 0 Å². The van der Waals surface area contributed by atoms with Crippen LogP contribution in [0, 0.1) is 0 Å². The van der Waals surface area contributed by atoms with Gasteiger partial charge in [0.05, 0.1) is 26.5 Å². The summed E-state index contributed by atoms with van der Waals surface area (Å²) < 4.78 is 14.5. The zero-order valence-corrected chi connectivity index (χ0v) is 16.9. The van der Waals surface area contributed by atoms with Crippen LogP contribution in [0.4, 0.5) is 5.69 Å². The van der Waals surface area contributed by atoms with Gasteiger partial charge in [0.25, 0.3) is 5.91 Å². The van der Waals surface area contributed by atoms with Gasteiger partial charge in [0.1, 0.15) is 0 Å². The molecule has 2 aromatic carbocycles. The number of thioether (sulfide) groups is 1. The highest BCUT2D eigenvalue weighted by Crippen LogP contribution is 2.45. The average molecular weight is 401 g/mol. The number of benzene rings is 2. The largest absolute Gasteiger partial charge is 0.493 e. The summed E-state index contributed by atoms with van der Waals surface area (Å²) in [7, 11) is 3.15. The fourth-order valence-corrected chi connectivity index (χ4v) is 4.36. The second-order valence-electron chi connectivity index (χ2n) is 6.29. The van der Waals surface area contributed by atoms with Crippen LogP contribution < -0.4 is 14.8 Å². The van der Waals surface area contributed by atoms with E-state index in [9.17, 15) is 9.59 Å². The third-order valence-electron chi connectivity index (χ3n) is 4.61. The Labute approximate surface area is 168 Å². The van der Waals surface area contributed by atoms with Gasteiger partial charge in [-0.3, -0.25) is 4.79 Å². The van der Waals surface area contributed by atoms with E-state index in [1.165, 1.54) is 11.8 Å². The molecule has 0 aliphatic carbocycles. The van der Waals surface area contributed by atoms with Crippen molar-refractivity contribution in [3.63, 3.8) is 0 Å². The van der Waals surface area contributed by atoms with Gasteiger partial charge < -0.3 is 19.5 Å². The molecular weight excluding hydrogens is 378 g/mol. The van der Waals surface area contributed by atoms with Gasteiger partial charge in [0, 0.05) is 4.90 Å². The van der Waals surface area contributed by atoms with Crippen molar-refractivity contribution in [1.82, 2.24) is 0 Å². The number of hydrogen-bond acceptors (Lipinski definition) is 6. The lowest BCUT2D eigenvalue weighted by molar-refractivity contribution is -0.149. The number of hydrogen-bond donors (Lipinski definition) is 1. The number of esters is 1. The highest BCUT2D eigenvalue weighted by atomic mass is 32.2. The van der Waals surface area contributed by atoms with Crippen molar-refractivity contribution in [1.29, 1.82) is 0 Å². The Kier molecular flexibility index (Phi) is 6.14. The lowest BCUT2D eigenvalue weighted by atomic mass is 9.96. The van der Waals surface area contributed by atoms with E-state index in [0.29, 0.717) is 30.0 Å². The van der Waals surface area contributed by atoms with Gasteiger partial charge in [0.2, 0.25) is 0 Å². The predicted octanol–water partition coefficient (Wildman–Crippen LogP) is 3.68. The molecule has 1 atom stereocenters. The van der Waals surface area contributed by atoms with Crippen LogP contribution in [0.25, 0.3) is 0 Å². The molecule has 1 aliphatic rings. The molecule has 1 unspecified atom stereocenters. The highest BCUT2D eigenvalue weighted by Gasteiger charge is 2.51. The molecule has 0 aromatic heterocycles. The molecule has 28 heavy (non-hydrogen) atoms. The van der Waals surface area contributed by atoms with Crippen LogP contribution in [0.3, 0.4) is 0 Å². The van der Waals surface area contributed by atoms with Crippen molar-refractivity contribution >= 4 is 29.3 Å². The van der Waals surface area contributed by atoms with Gasteiger partial charge in [-0.1, -0.05) is 30.0 Å². The minimum Gasteiger partial charge on any atom is -0.493 e. The van der Waals surface area contributed by atoms with E-state index < -0.39 is 10.7 Å².